The van der Waals surface area contributed by atoms with E-state index in [0.29, 0.717) is 26.1 Å². The molecule has 0 spiro atoms. The van der Waals surface area contributed by atoms with E-state index in [1.54, 1.807) is 18.2 Å². The van der Waals surface area contributed by atoms with Gasteiger partial charge in [-0.25, -0.2) is 4.98 Å². The van der Waals surface area contributed by atoms with Crippen molar-refractivity contribution in [2.45, 2.75) is 0 Å². The van der Waals surface area contributed by atoms with Crippen LogP contribution in [0.25, 0.3) is 11.3 Å². The third-order valence-corrected chi connectivity index (χ3v) is 6.53. The lowest BCUT2D eigenvalue weighted by Gasteiger charge is -2.02. The maximum atomic E-state index is 13.1. The molecule has 2 aromatic heterocycles. The van der Waals surface area contributed by atoms with Crippen LogP contribution in [0, 0.1) is 0 Å². The summed E-state index contributed by atoms with van der Waals surface area (Å²) in [7, 11) is 0. The van der Waals surface area contributed by atoms with Crippen molar-refractivity contribution in [3.8, 4) is 11.3 Å². The van der Waals surface area contributed by atoms with Crippen molar-refractivity contribution < 1.29 is 9.59 Å². The third kappa shape index (κ3) is 3.96. The molecule has 4 rings (SSSR count). The number of hydrogen-bond acceptors (Lipinski definition) is 5. The predicted molar refractivity (Wildman–Crippen MR) is 117 cm³/mol. The minimum Gasteiger partial charge on any atom is -0.297 e. The van der Waals surface area contributed by atoms with Crippen LogP contribution in [0.1, 0.15) is 24.9 Å². The zero-order valence-corrected chi connectivity index (χ0v) is 17.6. The number of carbonyl (C=O) groups excluding carboxylic acids is 2. The molecule has 0 saturated heterocycles. The highest BCUT2D eigenvalue weighted by molar-refractivity contribution is 9.11. The van der Waals surface area contributed by atoms with Gasteiger partial charge in [-0.2, -0.15) is 0 Å². The second-order valence-electron chi connectivity index (χ2n) is 5.82. The molecule has 0 aliphatic heterocycles. The van der Waals surface area contributed by atoms with E-state index in [1.807, 2.05) is 54.6 Å². The van der Waals surface area contributed by atoms with Crippen molar-refractivity contribution in [1.29, 1.82) is 0 Å². The number of thiophene rings is 1. The van der Waals surface area contributed by atoms with Gasteiger partial charge >= 0.3 is 0 Å². The first kappa shape index (κ1) is 18.7. The Morgan fingerprint density at radius 1 is 0.857 bits per heavy atom. The van der Waals surface area contributed by atoms with E-state index in [4.69, 9.17) is 0 Å². The summed E-state index contributed by atoms with van der Waals surface area (Å²) in [5, 5.41) is 3.21. The quantitative estimate of drug-likeness (QED) is 0.359. The Balaban J connectivity index is 1.72. The maximum absolute atomic E-state index is 13.1. The van der Waals surface area contributed by atoms with Crippen molar-refractivity contribution in [2.75, 3.05) is 5.32 Å². The van der Waals surface area contributed by atoms with Crippen molar-refractivity contribution >= 4 is 55.4 Å². The number of ketones is 1. The van der Waals surface area contributed by atoms with Gasteiger partial charge in [-0.05, 0) is 28.1 Å². The first-order valence-corrected chi connectivity index (χ1v) is 10.8. The Kier molecular flexibility index (Phi) is 5.47. The SMILES string of the molecule is O=C(Nc1nc(-c2ccccc2)c(C(=O)c2ccccc2)s1)c1ccc(Br)s1. The van der Waals surface area contributed by atoms with Crippen LogP contribution in [0.4, 0.5) is 5.13 Å². The second-order valence-corrected chi connectivity index (χ2v) is 9.28. The molecule has 4 nitrogen and oxygen atoms in total. The highest BCUT2D eigenvalue weighted by Gasteiger charge is 2.22. The number of benzene rings is 2. The van der Waals surface area contributed by atoms with Crippen LogP contribution in [0.15, 0.2) is 76.6 Å². The minimum atomic E-state index is -0.247. The number of nitrogens with zero attached hydrogens (tertiary/aromatic N) is 1. The van der Waals surface area contributed by atoms with Crippen LogP contribution in [-0.2, 0) is 0 Å². The molecule has 0 saturated carbocycles. The molecular formula is C21H13BrN2O2S2. The summed E-state index contributed by atoms with van der Waals surface area (Å²) < 4.78 is 0.877. The van der Waals surface area contributed by atoms with Crippen LogP contribution in [0.2, 0.25) is 0 Å². The van der Waals surface area contributed by atoms with Gasteiger partial charge < -0.3 is 0 Å². The smallest absolute Gasteiger partial charge is 0.267 e. The topological polar surface area (TPSA) is 59.1 Å². The highest BCUT2D eigenvalue weighted by atomic mass is 79.9. The van der Waals surface area contributed by atoms with Gasteiger partial charge in [-0.15, -0.1) is 11.3 Å². The van der Waals surface area contributed by atoms with E-state index in [0.717, 1.165) is 9.35 Å². The number of thiazole rings is 1. The van der Waals surface area contributed by atoms with Gasteiger partial charge in [0, 0.05) is 11.1 Å². The Morgan fingerprint density at radius 3 is 2.18 bits per heavy atom. The van der Waals surface area contributed by atoms with Crippen molar-refractivity contribution in [1.82, 2.24) is 4.98 Å². The molecule has 0 aliphatic rings. The van der Waals surface area contributed by atoms with Gasteiger partial charge in [0.1, 0.15) is 4.88 Å². The molecule has 0 unspecified atom stereocenters. The van der Waals surface area contributed by atoms with Crippen LogP contribution in [-0.4, -0.2) is 16.7 Å². The summed E-state index contributed by atoms with van der Waals surface area (Å²) in [5.74, 6) is -0.362. The molecule has 2 heterocycles. The first-order chi connectivity index (χ1) is 13.6. The molecule has 4 aromatic rings. The summed E-state index contributed by atoms with van der Waals surface area (Å²) >= 11 is 5.89. The average Bonchev–Trinajstić information content (AvgIpc) is 3.35. The monoisotopic (exact) mass is 468 g/mol. The Hall–Kier alpha value is -2.61. The maximum Gasteiger partial charge on any atom is 0.267 e. The molecule has 2 aromatic carbocycles. The van der Waals surface area contributed by atoms with Gasteiger partial charge in [0.05, 0.1) is 14.4 Å². The molecule has 0 bridgehead atoms. The molecule has 0 atom stereocenters. The Morgan fingerprint density at radius 2 is 1.54 bits per heavy atom. The zero-order valence-electron chi connectivity index (χ0n) is 14.4. The summed E-state index contributed by atoms with van der Waals surface area (Å²) in [5.41, 5.74) is 1.99. The van der Waals surface area contributed by atoms with Gasteiger partial charge in [0.2, 0.25) is 5.78 Å². The normalized spacial score (nSPS) is 10.6. The van der Waals surface area contributed by atoms with Gasteiger partial charge in [-0.1, -0.05) is 72.0 Å². The molecule has 28 heavy (non-hydrogen) atoms. The van der Waals surface area contributed by atoms with E-state index in [2.05, 4.69) is 26.2 Å². The van der Waals surface area contributed by atoms with Crippen molar-refractivity contribution in [3.63, 3.8) is 0 Å². The van der Waals surface area contributed by atoms with E-state index in [1.165, 1.54) is 22.7 Å². The van der Waals surface area contributed by atoms with E-state index < -0.39 is 0 Å². The van der Waals surface area contributed by atoms with Crippen LogP contribution < -0.4 is 5.32 Å². The fraction of sp³-hybridized carbons (Fsp3) is 0. The second kappa shape index (κ2) is 8.18. The number of rotatable bonds is 5. The number of anilines is 1. The van der Waals surface area contributed by atoms with E-state index in [-0.39, 0.29) is 11.7 Å². The lowest BCUT2D eigenvalue weighted by Crippen LogP contribution is -2.09. The Labute approximate surface area is 178 Å². The fourth-order valence-electron chi connectivity index (χ4n) is 2.63. The van der Waals surface area contributed by atoms with Crippen LogP contribution in [0.5, 0.6) is 0 Å². The molecule has 1 amide bonds. The summed E-state index contributed by atoms with van der Waals surface area (Å²) in [6, 6.07) is 22.1. The largest absolute Gasteiger partial charge is 0.297 e. The van der Waals surface area contributed by atoms with Gasteiger partial charge in [-0.3, -0.25) is 14.9 Å². The fourth-order valence-corrected chi connectivity index (χ4v) is 4.86. The van der Waals surface area contributed by atoms with Gasteiger partial charge in [0.25, 0.3) is 5.91 Å². The average molecular weight is 469 g/mol. The molecule has 0 aliphatic carbocycles. The third-order valence-electron chi connectivity index (χ3n) is 3.93. The van der Waals surface area contributed by atoms with Crippen molar-refractivity contribution in [2.24, 2.45) is 0 Å². The minimum absolute atomic E-state index is 0.115. The van der Waals surface area contributed by atoms with Crippen molar-refractivity contribution in [3.05, 3.63) is 91.9 Å². The molecule has 138 valence electrons. The number of halogens is 1. The van der Waals surface area contributed by atoms with Crippen LogP contribution >= 0.6 is 38.6 Å². The number of amides is 1. The summed E-state index contributed by atoms with van der Waals surface area (Å²) in [4.78, 5) is 31.2. The predicted octanol–water partition coefficient (Wildman–Crippen LogP) is 6.12. The molecule has 0 radical (unpaired) electrons. The number of nitrogens with one attached hydrogen (secondary N) is 1. The number of hydrogen-bond donors (Lipinski definition) is 1. The summed E-state index contributed by atoms with van der Waals surface area (Å²) in [6.07, 6.45) is 0. The number of aromatic nitrogens is 1. The molecular weight excluding hydrogens is 456 g/mol. The van der Waals surface area contributed by atoms with Gasteiger partial charge in [0.15, 0.2) is 5.13 Å². The van der Waals surface area contributed by atoms with E-state index in [9.17, 15) is 9.59 Å². The molecule has 7 heteroatoms. The molecule has 0 fully saturated rings. The van der Waals surface area contributed by atoms with E-state index >= 15 is 0 Å². The van der Waals surface area contributed by atoms with Crippen LogP contribution in [0.3, 0.4) is 0 Å². The zero-order chi connectivity index (χ0) is 19.5. The number of carbonyl (C=O) groups is 2. The Bertz CT molecular complexity index is 1140. The highest BCUT2D eigenvalue weighted by Crippen LogP contribution is 2.33. The lowest BCUT2D eigenvalue weighted by molar-refractivity contribution is 0.102. The lowest BCUT2D eigenvalue weighted by atomic mass is 10.1. The summed E-state index contributed by atoms with van der Waals surface area (Å²) in [6.45, 7) is 0. The first-order valence-electron chi connectivity index (χ1n) is 8.34. The standard InChI is InChI=1S/C21H13BrN2O2S2/c22-16-12-11-15(27-16)20(26)24-21-23-17(13-7-3-1-4-8-13)19(28-21)18(25)14-9-5-2-6-10-14/h1-12H,(H,23,24,26). The molecule has 1 N–H and O–H groups in total.